The van der Waals surface area contributed by atoms with Gasteiger partial charge >= 0.3 is 0 Å². The molecule has 19 heavy (non-hydrogen) atoms. The van der Waals surface area contributed by atoms with Gasteiger partial charge in [-0.25, -0.2) is 4.98 Å². The standard InChI is InChI=1S/C15H16ClN3/c1-10(16)14-18-13-11(8-17)4-3-5-12(13)19(14)9-15(2)6-7-15/h3-5,10H,6-7,9H2,1-2H3. The highest BCUT2D eigenvalue weighted by Gasteiger charge is 2.38. The number of nitriles is 1. The van der Waals surface area contributed by atoms with Gasteiger partial charge in [-0.1, -0.05) is 13.0 Å². The van der Waals surface area contributed by atoms with Crippen molar-refractivity contribution in [1.29, 1.82) is 5.26 Å². The molecule has 1 aliphatic rings. The number of nitrogens with zero attached hydrogens (tertiary/aromatic N) is 3. The Morgan fingerprint density at radius 2 is 2.26 bits per heavy atom. The van der Waals surface area contributed by atoms with Crippen molar-refractivity contribution in [2.45, 2.75) is 38.6 Å². The van der Waals surface area contributed by atoms with Gasteiger partial charge in [-0.15, -0.1) is 11.6 Å². The highest BCUT2D eigenvalue weighted by Crippen LogP contribution is 2.47. The molecule has 0 N–H and O–H groups in total. The summed E-state index contributed by atoms with van der Waals surface area (Å²) in [7, 11) is 0. The van der Waals surface area contributed by atoms with E-state index in [9.17, 15) is 5.26 Å². The normalized spacial score (nSPS) is 18.2. The number of aromatic nitrogens is 2. The van der Waals surface area contributed by atoms with E-state index in [4.69, 9.17) is 11.6 Å². The minimum Gasteiger partial charge on any atom is -0.326 e. The third-order valence-corrected chi connectivity index (χ3v) is 4.12. The zero-order chi connectivity index (χ0) is 13.6. The minimum atomic E-state index is -0.152. The van der Waals surface area contributed by atoms with Crippen LogP contribution in [0.1, 0.15) is 43.5 Å². The number of rotatable bonds is 3. The van der Waals surface area contributed by atoms with E-state index in [-0.39, 0.29) is 5.38 Å². The van der Waals surface area contributed by atoms with E-state index in [1.807, 2.05) is 19.1 Å². The molecule has 2 aromatic rings. The van der Waals surface area contributed by atoms with Gasteiger partial charge in [-0.3, -0.25) is 0 Å². The van der Waals surface area contributed by atoms with Crippen LogP contribution in [0.2, 0.25) is 0 Å². The van der Waals surface area contributed by atoms with Gasteiger partial charge in [-0.2, -0.15) is 5.26 Å². The van der Waals surface area contributed by atoms with Crippen molar-refractivity contribution in [2.75, 3.05) is 0 Å². The fourth-order valence-electron chi connectivity index (χ4n) is 2.48. The molecular formula is C15H16ClN3. The zero-order valence-corrected chi connectivity index (χ0v) is 11.9. The monoisotopic (exact) mass is 273 g/mol. The Kier molecular flexibility index (Phi) is 2.79. The Labute approximate surface area is 117 Å². The van der Waals surface area contributed by atoms with E-state index in [0.717, 1.165) is 23.4 Å². The molecule has 0 saturated heterocycles. The third-order valence-electron chi connectivity index (χ3n) is 3.93. The Bertz CT molecular complexity index is 674. The number of hydrogen-bond acceptors (Lipinski definition) is 2. The Balaban J connectivity index is 2.22. The van der Waals surface area contributed by atoms with Crippen LogP contribution in [-0.2, 0) is 6.54 Å². The first-order valence-electron chi connectivity index (χ1n) is 6.57. The SMILES string of the molecule is CC(Cl)c1nc2c(C#N)cccc2n1CC1(C)CC1. The zero-order valence-electron chi connectivity index (χ0n) is 11.2. The van der Waals surface area contributed by atoms with Crippen LogP contribution in [0.25, 0.3) is 11.0 Å². The molecule has 1 saturated carbocycles. The van der Waals surface area contributed by atoms with E-state index < -0.39 is 0 Å². The number of imidazole rings is 1. The quantitative estimate of drug-likeness (QED) is 0.793. The van der Waals surface area contributed by atoms with E-state index in [0.29, 0.717) is 11.0 Å². The molecule has 1 unspecified atom stereocenters. The van der Waals surface area contributed by atoms with E-state index in [1.54, 1.807) is 6.07 Å². The summed E-state index contributed by atoms with van der Waals surface area (Å²) in [6.45, 7) is 5.15. The van der Waals surface area contributed by atoms with E-state index in [2.05, 4.69) is 22.5 Å². The smallest absolute Gasteiger partial charge is 0.127 e. The molecule has 3 rings (SSSR count). The molecule has 3 nitrogen and oxygen atoms in total. The summed E-state index contributed by atoms with van der Waals surface area (Å²) < 4.78 is 2.20. The fourth-order valence-corrected chi connectivity index (χ4v) is 2.64. The molecule has 0 aliphatic heterocycles. The molecular weight excluding hydrogens is 258 g/mol. The average molecular weight is 274 g/mol. The molecule has 0 bridgehead atoms. The largest absolute Gasteiger partial charge is 0.326 e. The number of alkyl halides is 1. The molecule has 0 spiro atoms. The number of halogens is 1. The average Bonchev–Trinajstić information content (AvgIpc) is 2.99. The van der Waals surface area contributed by atoms with Crippen LogP contribution in [0.4, 0.5) is 0 Å². The van der Waals surface area contributed by atoms with Gasteiger partial charge in [0.15, 0.2) is 0 Å². The predicted octanol–water partition coefficient (Wildman–Crippen LogP) is 4.01. The maximum absolute atomic E-state index is 9.19. The van der Waals surface area contributed by atoms with Crippen molar-refractivity contribution in [3.63, 3.8) is 0 Å². The van der Waals surface area contributed by atoms with Crippen molar-refractivity contribution in [3.05, 3.63) is 29.6 Å². The highest BCUT2D eigenvalue weighted by molar-refractivity contribution is 6.20. The lowest BCUT2D eigenvalue weighted by Gasteiger charge is -2.14. The maximum atomic E-state index is 9.19. The van der Waals surface area contributed by atoms with Gasteiger partial charge in [0.2, 0.25) is 0 Å². The molecule has 1 aromatic carbocycles. The Morgan fingerprint density at radius 1 is 1.53 bits per heavy atom. The van der Waals surface area contributed by atoms with E-state index >= 15 is 0 Å². The minimum absolute atomic E-state index is 0.152. The first-order chi connectivity index (χ1) is 9.04. The van der Waals surface area contributed by atoms with Gasteiger partial charge in [0.25, 0.3) is 0 Å². The third kappa shape index (κ3) is 2.11. The topological polar surface area (TPSA) is 41.6 Å². The van der Waals surface area contributed by atoms with Gasteiger partial charge in [0, 0.05) is 6.54 Å². The predicted molar refractivity (Wildman–Crippen MR) is 76.1 cm³/mol. The van der Waals surface area contributed by atoms with Crippen LogP contribution >= 0.6 is 11.6 Å². The molecule has 4 heteroatoms. The van der Waals surface area contributed by atoms with Crippen molar-refractivity contribution in [1.82, 2.24) is 9.55 Å². The Hall–Kier alpha value is -1.53. The second-order valence-corrected chi connectivity index (χ2v) is 6.42. The van der Waals surface area contributed by atoms with Gasteiger partial charge in [-0.05, 0) is 37.3 Å². The van der Waals surface area contributed by atoms with Crippen LogP contribution in [0.3, 0.4) is 0 Å². The first-order valence-corrected chi connectivity index (χ1v) is 7.01. The summed E-state index contributed by atoms with van der Waals surface area (Å²) in [5.41, 5.74) is 2.79. The molecule has 1 atom stereocenters. The highest BCUT2D eigenvalue weighted by atomic mass is 35.5. The number of benzene rings is 1. The van der Waals surface area contributed by atoms with Crippen molar-refractivity contribution in [2.24, 2.45) is 5.41 Å². The fraction of sp³-hybridized carbons (Fsp3) is 0.467. The van der Waals surface area contributed by atoms with E-state index in [1.165, 1.54) is 12.8 Å². The summed E-state index contributed by atoms with van der Waals surface area (Å²) in [6.07, 6.45) is 2.50. The summed E-state index contributed by atoms with van der Waals surface area (Å²) in [5, 5.41) is 9.04. The molecule has 1 heterocycles. The molecule has 1 aromatic heterocycles. The van der Waals surface area contributed by atoms with Crippen LogP contribution in [0.15, 0.2) is 18.2 Å². The number of hydrogen-bond donors (Lipinski definition) is 0. The summed E-state index contributed by atoms with van der Waals surface area (Å²) in [4.78, 5) is 4.60. The molecule has 0 amide bonds. The van der Waals surface area contributed by atoms with Crippen LogP contribution < -0.4 is 0 Å². The summed E-state index contributed by atoms with van der Waals surface area (Å²) in [6, 6.07) is 7.95. The molecule has 1 fully saturated rings. The summed E-state index contributed by atoms with van der Waals surface area (Å²) in [5.74, 6) is 0.868. The van der Waals surface area contributed by atoms with Gasteiger partial charge < -0.3 is 4.57 Å². The molecule has 0 radical (unpaired) electrons. The maximum Gasteiger partial charge on any atom is 0.127 e. The van der Waals surface area contributed by atoms with Crippen LogP contribution in [-0.4, -0.2) is 9.55 Å². The van der Waals surface area contributed by atoms with Gasteiger partial charge in [0.05, 0.1) is 16.5 Å². The lowest BCUT2D eigenvalue weighted by atomic mass is 10.1. The van der Waals surface area contributed by atoms with Gasteiger partial charge in [0.1, 0.15) is 17.4 Å². The molecule has 1 aliphatic carbocycles. The van der Waals surface area contributed by atoms with Crippen LogP contribution in [0.5, 0.6) is 0 Å². The van der Waals surface area contributed by atoms with Crippen LogP contribution in [0, 0.1) is 16.7 Å². The molecule has 98 valence electrons. The van der Waals surface area contributed by atoms with Crippen molar-refractivity contribution < 1.29 is 0 Å². The van der Waals surface area contributed by atoms with Crippen molar-refractivity contribution in [3.8, 4) is 6.07 Å². The summed E-state index contributed by atoms with van der Waals surface area (Å²) >= 11 is 6.26. The number of para-hydroxylation sites is 1. The van der Waals surface area contributed by atoms with Crippen molar-refractivity contribution >= 4 is 22.6 Å². The number of fused-ring (bicyclic) bond motifs is 1. The lowest BCUT2D eigenvalue weighted by molar-refractivity contribution is 0.461. The Morgan fingerprint density at radius 3 is 2.84 bits per heavy atom. The second kappa shape index (κ2) is 4.25. The second-order valence-electron chi connectivity index (χ2n) is 5.77. The lowest BCUT2D eigenvalue weighted by Crippen LogP contribution is -2.11. The first kappa shape index (κ1) is 12.5.